The fraction of sp³-hybridized carbons (Fsp3) is 0.333. The lowest BCUT2D eigenvalue weighted by Gasteiger charge is -2.37. The summed E-state index contributed by atoms with van der Waals surface area (Å²) in [6.07, 6.45) is 1.79. The topological polar surface area (TPSA) is 73.8 Å². The van der Waals surface area contributed by atoms with Crippen molar-refractivity contribution in [2.45, 2.75) is 37.4 Å². The van der Waals surface area contributed by atoms with Gasteiger partial charge in [0, 0.05) is 47.2 Å². The molecule has 3 unspecified atom stereocenters. The van der Waals surface area contributed by atoms with Gasteiger partial charge in [0.25, 0.3) is 0 Å². The van der Waals surface area contributed by atoms with E-state index < -0.39 is 0 Å². The molecule has 0 bridgehead atoms. The van der Waals surface area contributed by atoms with E-state index in [0.29, 0.717) is 29.4 Å². The lowest BCUT2D eigenvalue weighted by atomic mass is 9.79. The predicted molar refractivity (Wildman–Crippen MR) is 167 cm³/mol. The summed E-state index contributed by atoms with van der Waals surface area (Å²) < 4.78 is 48.0. The molecule has 2 aliphatic rings. The van der Waals surface area contributed by atoms with Crippen LogP contribution in [0.2, 0.25) is 0 Å². The van der Waals surface area contributed by atoms with Crippen LogP contribution < -0.4 is 37.9 Å². The Kier molecular flexibility index (Phi) is 8.33. The molecule has 0 aromatic heterocycles. The zero-order valence-electron chi connectivity index (χ0n) is 26.0. The van der Waals surface area contributed by atoms with Crippen molar-refractivity contribution in [3.05, 3.63) is 94.5 Å². The van der Waals surface area contributed by atoms with Crippen molar-refractivity contribution >= 4 is 0 Å². The maximum Gasteiger partial charge on any atom is 0.134 e. The highest BCUT2D eigenvalue weighted by atomic mass is 16.5. The molecule has 6 rings (SSSR count). The molecule has 8 heteroatoms. The van der Waals surface area contributed by atoms with Gasteiger partial charge < -0.3 is 37.9 Å². The Bertz CT molecular complexity index is 1610. The molecule has 0 spiro atoms. The zero-order chi connectivity index (χ0) is 30.8. The van der Waals surface area contributed by atoms with Gasteiger partial charge in [0.15, 0.2) is 0 Å². The van der Waals surface area contributed by atoms with Gasteiger partial charge >= 0.3 is 0 Å². The van der Waals surface area contributed by atoms with E-state index in [1.165, 1.54) is 0 Å². The third-order valence-electron chi connectivity index (χ3n) is 8.62. The number of benzene rings is 4. The number of hydrogen-bond donors (Lipinski definition) is 0. The van der Waals surface area contributed by atoms with E-state index in [4.69, 9.17) is 37.9 Å². The summed E-state index contributed by atoms with van der Waals surface area (Å²) in [5.41, 5.74) is 4.98. The van der Waals surface area contributed by atoms with E-state index >= 15 is 0 Å². The maximum absolute atomic E-state index is 6.94. The van der Waals surface area contributed by atoms with E-state index in [0.717, 1.165) is 63.7 Å². The molecule has 0 fully saturated rings. The molecular formula is C36H38O8. The van der Waals surface area contributed by atoms with Crippen molar-refractivity contribution in [1.82, 2.24) is 0 Å². The first-order chi connectivity index (χ1) is 21.5. The molecule has 0 N–H and O–H groups in total. The number of rotatable bonds is 9. The summed E-state index contributed by atoms with van der Waals surface area (Å²) in [6, 6.07) is 21.8. The van der Waals surface area contributed by atoms with Crippen molar-refractivity contribution in [3.63, 3.8) is 0 Å². The van der Waals surface area contributed by atoms with E-state index in [9.17, 15) is 0 Å². The Balaban J connectivity index is 1.53. The Morgan fingerprint density at radius 1 is 0.545 bits per heavy atom. The molecule has 3 atom stereocenters. The van der Waals surface area contributed by atoms with Crippen LogP contribution >= 0.6 is 0 Å². The van der Waals surface area contributed by atoms with Crippen LogP contribution in [0.25, 0.3) is 0 Å². The number of fused-ring (bicyclic) bond motifs is 2. The van der Waals surface area contributed by atoms with Gasteiger partial charge in [-0.3, -0.25) is 0 Å². The van der Waals surface area contributed by atoms with Gasteiger partial charge in [-0.15, -0.1) is 0 Å². The highest BCUT2D eigenvalue weighted by molar-refractivity contribution is 5.65. The SMILES string of the molecule is COc1ccc(C2CC(c3c(OC)cc(OC)c4c3OC(c3ccc(OC)cc3)CC4)c3c(OC)cc(OC)cc3O2)cc1. The van der Waals surface area contributed by atoms with Gasteiger partial charge in [-0.2, -0.15) is 0 Å². The van der Waals surface area contributed by atoms with Crippen molar-refractivity contribution in [2.24, 2.45) is 0 Å². The minimum absolute atomic E-state index is 0.154. The quantitative estimate of drug-likeness (QED) is 0.197. The standard InChI is InChI=1S/C36H38O8/c1-37-23-11-7-21(8-12-23)28-16-15-26-30(40-4)20-32(42-6)35(36(26)44-28)27-19-29(22-9-13-24(38-2)14-10-22)43-33-18-25(39-3)17-31(41-5)34(27)33/h7-14,17-18,20,27-29H,15-16,19H2,1-6H3. The minimum Gasteiger partial charge on any atom is -0.497 e. The molecule has 2 aliphatic heterocycles. The number of methoxy groups -OCH3 is 6. The van der Waals surface area contributed by atoms with Crippen molar-refractivity contribution in [2.75, 3.05) is 42.7 Å². The summed E-state index contributed by atoms with van der Waals surface area (Å²) >= 11 is 0. The molecule has 0 saturated heterocycles. The first-order valence-corrected chi connectivity index (χ1v) is 14.7. The first kappa shape index (κ1) is 29.4. The van der Waals surface area contributed by atoms with Crippen LogP contribution in [-0.4, -0.2) is 42.7 Å². The van der Waals surface area contributed by atoms with Crippen LogP contribution in [0.3, 0.4) is 0 Å². The maximum atomic E-state index is 6.94. The molecule has 8 nitrogen and oxygen atoms in total. The predicted octanol–water partition coefficient (Wildman–Crippen LogP) is 7.46. The van der Waals surface area contributed by atoms with Crippen molar-refractivity contribution in [1.29, 1.82) is 0 Å². The van der Waals surface area contributed by atoms with E-state index in [2.05, 4.69) is 12.1 Å². The van der Waals surface area contributed by atoms with Gasteiger partial charge in [0.2, 0.25) is 0 Å². The molecule has 230 valence electrons. The summed E-state index contributed by atoms with van der Waals surface area (Å²) in [6.45, 7) is 0. The first-order valence-electron chi connectivity index (χ1n) is 14.7. The van der Waals surface area contributed by atoms with Crippen LogP contribution in [0.4, 0.5) is 0 Å². The summed E-state index contributed by atoms with van der Waals surface area (Å²) in [4.78, 5) is 0. The van der Waals surface area contributed by atoms with Gasteiger partial charge in [-0.1, -0.05) is 24.3 Å². The fourth-order valence-corrected chi connectivity index (χ4v) is 6.38. The number of ether oxygens (including phenoxy) is 8. The van der Waals surface area contributed by atoms with E-state index in [-0.39, 0.29) is 18.1 Å². The van der Waals surface area contributed by atoms with Gasteiger partial charge in [0.05, 0.1) is 42.7 Å². The minimum atomic E-state index is -0.265. The Hall–Kier alpha value is -4.72. The third-order valence-corrected chi connectivity index (χ3v) is 8.62. The van der Waals surface area contributed by atoms with Crippen LogP contribution in [0, 0.1) is 0 Å². The van der Waals surface area contributed by atoms with Crippen LogP contribution in [0.5, 0.6) is 46.0 Å². The van der Waals surface area contributed by atoms with E-state index in [1.54, 1.807) is 42.7 Å². The van der Waals surface area contributed by atoms with Crippen molar-refractivity contribution < 1.29 is 37.9 Å². The third kappa shape index (κ3) is 5.29. The molecule has 2 heterocycles. The zero-order valence-corrected chi connectivity index (χ0v) is 26.0. The Morgan fingerprint density at radius 2 is 1.11 bits per heavy atom. The summed E-state index contributed by atoms with van der Waals surface area (Å²) in [7, 11) is 10.00. The lowest BCUT2D eigenvalue weighted by molar-refractivity contribution is 0.153. The molecule has 4 aromatic carbocycles. The largest absolute Gasteiger partial charge is 0.497 e. The Labute approximate surface area is 258 Å². The second-order valence-electron chi connectivity index (χ2n) is 10.8. The molecule has 0 amide bonds. The normalized spacial score (nSPS) is 18.5. The summed E-state index contributed by atoms with van der Waals surface area (Å²) in [5, 5.41) is 0. The van der Waals surface area contributed by atoms with Gasteiger partial charge in [0.1, 0.15) is 58.2 Å². The van der Waals surface area contributed by atoms with Crippen LogP contribution in [0.15, 0.2) is 66.7 Å². The smallest absolute Gasteiger partial charge is 0.134 e. The number of hydrogen-bond acceptors (Lipinski definition) is 8. The van der Waals surface area contributed by atoms with Crippen LogP contribution in [0.1, 0.15) is 58.8 Å². The summed E-state index contributed by atoms with van der Waals surface area (Å²) in [5.74, 6) is 5.60. The van der Waals surface area contributed by atoms with Gasteiger partial charge in [-0.05, 0) is 48.2 Å². The average Bonchev–Trinajstić information content (AvgIpc) is 3.09. The van der Waals surface area contributed by atoms with Gasteiger partial charge in [-0.25, -0.2) is 0 Å². The van der Waals surface area contributed by atoms with Crippen molar-refractivity contribution in [3.8, 4) is 46.0 Å². The highest BCUT2D eigenvalue weighted by Gasteiger charge is 2.40. The lowest BCUT2D eigenvalue weighted by Crippen LogP contribution is -2.24. The van der Waals surface area contributed by atoms with E-state index in [1.807, 2.05) is 54.6 Å². The monoisotopic (exact) mass is 598 g/mol. The fourth-order valence-electron chi connectivity index (χ4n) is 6.38. The average molecular weight is 599 g/mol. The second-order valence-corrected chi connectivity index (χ2v) is 10.8. The molecule has 4 aromatic rings. The Morgan fingerprint density at radius 3 is 1.68 bits per heavy atom. The van der Waals surface area contributed by atoms with Crippen LogP contribution in [-0.2, 0) is 6.42 Å². The molecule has 0 aliphatic carbocycles. The second kappa shape index (κ2) is 12.5. The molecular weight excluding hydrogens is 560 g/mol. The molecule has 44 heavy (non-hydrogen) atoms. The highest BCUT2D eigenvalue weighted by Crippen LogP contribution is 2.57. The molecule has 0 radical (unpaired) electrons. The molecule has 0 saturated carbocycles.